The minimum Gasteiger partial charge on any atom is -0.493 e. The number of aromatic nitrogens is 1. The van der Waals surface area contributed by atoms with Crippen molar-refractivity contribution < 1.29 is 17.9 Å². The number of nitrogens with zero attached hydrogens (tertiary/aromatic N) is 1. The van der Waals surface area contributed by atoms with Gasteiger partial charge in [-0.3, -0.25) is 4.72 Å². The van der Waals surface area contributed by atoms with Crippen LogP contribution in [0.2, 0.25) is 5.02 Å². The Morgan fingerprint density at radius 3 is 2.43 bits per heavy atom. The maximum atomic E-state index is 12.7. The van der Waals surface area contributed by atoms with Crippen molar-refractivity contribution in [1.29, 1.82) is 0 Å². The van der Waals surface area contributed by atoms with Gasteiger partial charge in [0.15, 0.2) is 11.5 Å². The quantitative estimate of drug-likeness (QED) is 0.578. The third kappa shape index (κ3) is 4.70. The van der Waals surface area contributed by atoms with Crippen LogP contribution in [-0.2, 0) is 10.0 Å². The van der Waals surface area contributed by atoms with Gasteiger partial charge in [-0.2, -0.15) is 0 Å². The van der Waals surface area contributed by atoms with Crippen LogP contribution in [-0.4, -0.2) is 27.6 Å². The molecule has 0 bridgehead atoms. The molecule has 0 fully saturated rings. The number of sulfonamides is 1. The minimum absolute atomic E-state index is 0.0493. The van der Waals surface area contributed by atoms with Crippen LogP contribution in [0, 0.1) is 0 Å². The monoisotopic (exact) mass is 436 g/mol. The lowest BCUT2D eigenvalue weighted by Gasteiger charge is -2.12. The highest BCUT2D eigenvalue weighted by Gasteiger charge is 2.18. The second kappa shape index (κ2) is 8.72. The first kappa shape index (κ1) is 20.3. The van der Waals surface area contributed by atoms with E-state index in [4.69, 9.17) is 21.1 Å². The lowest BCUT2D eigenvalue weighted by molar-refractivity contribution is 0.354. The average Bonchev–Trinajstić information content (AvgIpc) is 2.70. The maximum absolute atomic E-state index is 12.7. The van der Waals surface area contributed by atoms with Crippen molar-refractivity contribution in [2.45, 2.75) is 14.8 Å². The second-order valence-electron chi connectivity index (χ2n) is 5.54. The summed E-state index contributed by atoms with van der Waals surface area (Å²) in [4.78, 5) is 5.06. The molecule has 0 aliphatic rings. The molecule has 0 aliphatic carbocycles. The minimum atomic E-state index is -3.82. The number of anilines is 1. The van der Waals surface area contributed by atoms with Gasteiger partial charge in [0.05, 0.1) is 29.8 Å². The Balaban J connectivity index is 1.82. The molecule has 0 aliphatic heterocycles. The lowest BCUT2D eigenvalue weighted by atomic mass is 10.3. The molecule has 9 heteroatoms. The van der Waals surface area contributed by atoms with E-state index in [0.717, 1.165) is 9.92 Å². The number of pyridine rings is 1. The molecule has 0 saturated carbocycles. The van der Waals surface area contributed by atoms with Gasteiger partial charge in [0.1, 0.15) is 5.03 Å². The molecule has 0 spiro atoms. The van der Waals surface area contributed by atoms with E-state index in [2.05, 4.69) is 9.71 Å². The van der Waals surface area contributed by atoms with Gasteiger partial charge in [-0.25, -0.2) is 13.4 Å². The van der Waals surface area contributed by atoms with E-state index >= 15 is 0 Å². The smallest absolute Gasteiger partial charge is 0.262 e. The first-order valence-corrected chi connectivity index (χ1v) is 10.7. The third-order valence-electron chi connectivity index (χ3n) is 3.70. The first-order chi connectivity index (χ1) is 13.4. The number of benzene rings is 2. The Hall–Kier alpha value is -2.42. The average molecular weight is 437 g/mol. The van der Waals surface area contributed by atoms with E-state index in [0.29, 0.717) is 22.2 Å². The maximum Gasteiger partial charge on any atom is 0.262 e. The van der Waals surface area contributed by atoms with Crippen molar-refractivity contribution >= 4 is 39.1 Å². The standard InChI is InChI=1S/C19H17ClN2O4S2/c1-25-16-8-7-14(12-17(16)26-2)28(23,24)22-13-6-9-18(15(20)11-13)27-19-5-3-4-10-21-19/h3-12,22H,1-2H3. The van der Waals surface area contributed by atoms with E-state index < -0.39 is 10.0 Å². The molecule has 3 aromatic rings. The summed E-state index contributed by atoms with van der Waals surface area (Å²) in [5.41, 5.74) is 0.352. The van der Waals surface area contributed by atoms with E-state index in [9.17, 15) is 8.42 Å². The number of nitrogens with one attached hydrogen (secondary N) is 1. The van der Waals surface area contributed by atoms with Gasteiger partial charge in [0, 0.05) is 17.2 Å². The van der Waals surface area contributed by atoms with Gasteiger partial charge in [0.2, 0.25) is 0 Å². The van der Waals surface area contributed by atoms with Crippen LogP contribution in [0.25, 0.3) is 0 Å². The summed E-state index contributed by atoms with van der Waals surface area (Å²) in [6, 6.07) is 14.9. The summed E-state index contributed by atoms with van der Waals surface area (Å²) in [7, 11) is -0.896. The summed E-state index contributed by atoms with van der Waals surface area (Å²) in [5, 5.41) is 1.21. The molecule has 1 aromatic heterocycles. The Kier molecular flexibility index (Phi) is 6.33. The van der Waals surface area contributed by atoms with Crippen molar-refractivity contribution in [3.8, 4) is 11.5 Å². The van der Waals surface area contributed by atoms with Gasteiger partial charge >= 0.3 is 0 Å². The number of halogens is 1. The van der Waals surface area contributed by atoms with Crippen LogP contribution >= 0.6 is 23.4 Å². The zero-order chi connectivity index (χ0) is 20.1. The molecular formula is C19H17ClN2O4S2. The fourth-order valence-electron chi connectivity index (χ4n) is 2.37. The zero-order valence-electron chi connectivity index (χ0n) is 15.0. The molecule has 3 rings (SSSR count). The highest BCUT2D eigenvalue weighted by Crippen LogP contribution is 2.35. The zero-order valence-corrected chi connectivity index (χ0v) is 17.4. The van der Waals surface area contributed by atoms with E-state index in [1.807, 2.05) is 18.2 Å². The van der Waals surface area contributed by atoms with Crippen LogP contribution in [0.3, 0.4) is 0 Å². The van der Waals surface area contributed by atoms with Crippen LogP contribution in [0.5, 0.6) is 11.5 Å². The van der Waals surface area contributed by atoms with Crippen molar-refractivity contribution in [3.63, 3.8) is 0 Å². The van der Waals surface area contributed by atoms with Crippen molar-refractivity contribution in [3.05, 3.63) is 65.8 Å². The molecule has 0 radical (unpaired) electrons. The van der Waals surface area contributed by atoms with E-state index in [1.54, 1.807) is 24.4 Å². The second-order valence-corrected chi connectivity index (χ2v) is 8.69. The number of hydrogen-bond acceptors (Lipinski definition) is 6. The van der Waals surface area contributed by atoms with Crippen LogP contribution in [0.1, 0.15) is 0 Å². The van der Waals surface area contributed by atoms with Crippen molar-refractivity contribution in [1.82, 2.24) is 4.98 Å². The van der Waals surface area contributed by atoms with Crippen LogP contribution in [0.4, 0.5) is 5.69 Å². The topological polar surface area (TPSA) is 77.5 Å². The summed E-state index contributed by atoms with van der Waals surface area (Å²) in [6.45, 7) is 0. The summed E-state index contributed by atoms with van der Waals surface area (Å²) >= 11 is 7.72. The molecule has 0 atom stereocenters. The van der Waals surface area contributed by atoms with Gasteiger partial charge in [-0.1, -0.05) is 29.4 Å². The molecule has 146 valence electrons. The van der Waals surface area contributed by atoms with Gasteiger partial charge in [0.25, 0.3) is 10.0 Å². The van der Waals surface area contributed by atoms with Gasteiger partial charge < -0.3 is 9.47 Å². The predicted molar refractivity (Wildman–Crippen MR) is 110 cm³/mol. The fourth-order valence-corrected chi connectivity index (χ4v) is 4.50. The molecule has 0 amide bonds. The highest BCUT2D eigenvalue weighted by molar-refractivity contribution is 7.99. The number of methoxy groups -OCH3 is 2. The molecule has 0 saturated heterocycles. The van der Waals surface area contributed by atoms with Crippen molar-refractivity contribution in [2.24, 2.45) is 0 Å². The molecule has 1 heterocycles. The van der Waals surface area contributed by atoms with Crippen molar-refractivity contribution in [2.75, 3.05) is 18.9 Å². The Morgan fingerprint density at radius 1 is 1.00 bits per heavy atom. The fraction of sp³-hybridized carbons (Fsp3) is 0.105. The largest absolute Gasteiger partial charge is 0.493 e. The number of ether oxygens (including phenoxy) is 2. The van der Waals surface area contributed by atoms with Crippen LogP contribution in [0.15, 0.2) is 75.6 Å². The van der Waals surface area contributed by atoms with Gasteiger partial charge in [-0.15, -0.1) is 0 Å². The first-order valence-electron chi connectivity index (χ1n) is 8.06. The Labute approximate surface area is 172 Å². The van der Waals surface area contributed by atoms with E-state index in [1.165, 1.54) is 44.2 Å². The molecule has 1 N–H and O–H groups in total. The lowest BCUT2D eigenvalue weighted by Crippen LogP contribution is -2.13. The van der Waals surface area contributed by atoms with Crippen LogP contribution < -0.4 is 14.2 Å². The molecule has 2 aromatic carbocycles. The SMILES string of the molecule is COc1ccc(S(=O)(=O)Nc2ccc(Sc3ccccn3)c(Cl)c2)cc1OC. The summed E-state index contributed by atoms with van der Waals surface area (Å²) in [5.74, 6) is 0.769. The van der Waals surface area contributed by atoms with E-state index in [-0.39, 0.29) is 4.90 Å². The summed E-state index contributed by atoms with van der Waals surface area (Å²) in [6.07, 6.45) is 1.70. The molecule has 6 nitrogen and oxygen atoms in total. The number of hydrogen-bond donors (Lipinski definition) is 1. The summed E-state index contributed by atoms with van der Waals surface area (Å²) < 4.78 is 38.2. The normalized spacial score (nSPS) is 11.1. The third-order valence-corrected chi connectivity index (χ3v) is 6.53. The Bertz CT molecular complexity index is 1080. The Morgan fingerprint density at radius 2 is 1.79 bits per heavy atom. The molecule has 0 unspecified atom stereocenters. The molecule has 28 heavy (non-hydrogen) atoms. The highest BCUT2D eigenvalue weighted by atomic mass is 35.5. The van der Waals surface area contributed by atoms with Gasteiger partial charge in [-0.05, 0) is 42.5 Å². The predicted octanol–water partition coefficient (Wildman–Crippen LogP) is 4.70. The molecular weight excluding hydrogens is 420 g/mol. The number of rotatable bonds is 7.